The minimum atomic E-state index is 0.0718. The molecule has 0 atom stereocenters. The zero-order valence-electron chi connectivity index (χ0n) is 13.5. The summed E-state index contributed by atoms with van der Waals surface area (Å²) in [5.41, 5.74) is 4.13. The SMILES string of the molecule is Cc1ccsc1CCC(=O)NCc1ccnc(-c2cccnc2)c1. The fourth-order valence-corrected chi connectivity index (χ4v) is 3.34. The van der Waals surface area contributed by atoms with Gasteiger partial charge in [0.1, 0.15) is 0 Å². The first-order valence-electron chi connectivity index (χ1n) is 7.87. The van der Waals surface area contributed by atoms with E-state index in [1.807, 2.05) is 24.3 Å². The van der Waals surface area contributed by atoms with E-state index in [0.29, 0.717) is 13.0 Å². The molecule has 4 nitrogen and oxygen atoms in total. The maximum Gasteiger partial charge on any atom is 0.220 e. The molecule has 3 aromatic rings. The number of pyridine rings is 2. The summed E-state index contributed by atoms with van der Waals surface area (Å²) in [6.45, 7) is 2.60. The largest absolute Gasteiger partial charge is 0.352 e. The number of thiophene rings is 1. The van der Waals surface area contributed by atoms with Crippen molar-refractivity contribution in [2.45, 2.75) is 26.3 Å². The van der Waals surface area contributed by atoms with Crippen molar-refractivity contribution in [3.05, 3.63) is 70.3 Å². The number of amides is 1. The number of nitrogens with one attached hydrogen (secondary N) is 1. The molecule has 5 heteroatoms. The second kappa shape index (κ2) is 7.84. The Bertz CT molecular complexity index is 814. The molecule has 0 aliphatic rings. The summed E-state index contributed by atoms with van der Waals surface area (Å²) >= 11 is 1.71. The molecule has 0 aromatic carbocycles. The minimum Gasteiger partial charge on any atom is -0.352 e. The molecular formula is C19H19N3OS. The summed E-state index contributed by atoms with van der Waals surface area (Å²) < 4.78 is 0. The third-order valence-electron chi connectivity index (χ3n) is 3.82. The first kappa shape index (κ1) is 16.3. The molecule has 0 aliphatic heterocycles. The van der Waals surface area contributed by atoms with Crippen LogP contribution in [0.15, 0.2) is 54.3 Å². The van der Waals surface area contributed by atoms with Gasteiger partial charge in [0.25, 0.3) is 0 Å². The lowest BCUT2D eigenvalue weighted by molar-refractivity contribution is -0.121. The van der Waals surface area contributed by atoms with Crippen LogP contribution < -0.4 is 5.32 Å². The Balaban J connectivity index is 1.55. The molecule has 0 unspecified atom stereocenters. The van der Waals surface area contributed by atoms with Crippen molar-refractivity contribution >= 4 is 17.2 Å². The van der Waals surface area contributed by atoms with E-state index in [1.54, 1.807) is 29.9 Å². The van der Waals surface area contributed by atoms with Crippen LogP contribution in [0.1, 0.15) is 22.4 Å². The van der Waals surface area contributed by atoms with Crippen LogP contribution in [0, 0.1) is 6.92 Å². The molecule has 0 fully saturated rings. The highest BCUT2D eigenvalue weighted by atomic mass is 32.1. The molecular weight excluding hydrogens is 318 g/mol. The lowest BCUT2D eigenvalue weighted by Gasteiger charge is -2.07. The summed E-state index contributed by atoms with van der Waals surface area (Å²) in [5, 5.41) is 5.05. The van der Waals surface area contributed by atoms with Gasteiger partial charge in [-0.2, -0.15) is 0 Å². The number of rotatable bonds is 6. The first-order chi connectivity index (χ1) is 11.7. The molecule has 0 radical (unpaired) electrons. The third kappa shape index (κ3) is 4.26. The van der Waals surface area contributed by atoms with Crippen LogP contribution in [0.25, 0.3) is 11.3 Å². The van der Waals surface area contributed by atoms with Gasteiger partial charge in [0, 0.05) is 42.0 Å². The van der Waals surface area contributed by atoms with Gasteiger partial charge in [-0.15, -0.1) is 11.3 Å². The summed E-state index contributed by atoms with van der Waals surface area (Å²) in [7, 11) is 0. The monoisotopic (exact) mass is 337 g/mol. The zero-order chi connectivity index (χ0) is 16.8. The zero-order valence-corrected chi connectivity index (χ0v) is 14.3. The van der Waals surface area contributed by atoms with E-state index in [9.17, 15) is 4.79 Å². The van der Waals surface area contributed by atoms with Crippen molar-refractivity contribution in [1.82, 2.24) is 15.3 Å². The van der Waals surface area contributed by atoms with E-state index in [-0.39, 0.29) is 5.91 Å². The van der Waals surface area contributed by atoms with Crippen molar-refractivity contribution in [2.24, 2.45) is 0 Å². The average molecular weight is 337 g/mol. The molecule has 0 spiro atoms. The van der Waals surface area contributed by atoms with Crippen molar-refractivity contribution in [3.63, 3.8) is 0 Å². The lowest BCUT2D eigenvalue weighted by atomic mass is 10.1. The van der Waals surface area contributed by atoms with Gasteiger partial charge in [0.15, 0.2) is 0 Å². The minimum absolute atomic E-state index is 0.0718. The fraction of sp³-hybridized carbons (Fsp3) is 0.211. The molecule has 24 heavy (non-hydrogen) atoms. The summed E-state index contributed by atoms with van der Waals surface area (Å²) in [6.07, 6.45) is 6.60. The summed E-state index contributed by atoms with van der Waals surface area (Å²) in [5.74, 6) is 0.0718. The smallest absolute Gasteiger partial charge is 0.220 e. The fourth-order valence-electron chi connectivity index (χ4n) is 2.43. The Morgan fingerprint density at radius 1 is 1.25 bits per heavy atom. The van der Waals surface area contributed by atoms with Gasteiger partial charge in [-0.05, 0) is 60.2 Å². The summed E-state index contributed by atoms with van der Waals surface area (Å²) in [6, 6.07) is 9.86. The molecule has 1 N–H and O–H groups in total. The Morgan fingerprint density at radius 3 is 2.92 bits per heavy atom. The molecule has 0 saturated carbocycles. The van der Waals surface area contributed by atoms with Gasteiger partial charge >= 0.3 is 0 Å². The molecule has 122 valence electrons. The van der Waals surface area contributed by atoms with Crippen LogP contribution >= 0.6 is 11.3 Å². The molecule has 1 amide bonds. The molecule has 3 aromatic heterocycles. The number of aromatic nitrogens is 2. The lowest BCUT2D eigenvalue weighted by Crippen LogP contribution is -2.23. The number of aryl methyl sites for hydroxylation is 2. The van der Waals surface area contributed by atoms with Crippen molar-refractivity contribution in [3.8, 4) is 11.3 Å². The molecule has 0 bridgehead atoms. The van der Waals surface area contributed by atoms with Crippen molar-refractivity contribution in [2.75, 3.05) is 0 Å². The van der Waals surface area contributed by atoms with Crippen LogP contribution in [0.2, 0.25) is 0 Å². The second-order valence-electron chi connectivity index (χ2n) is 5.59. The van der Waals surface area contributed by atoms with Gasteiger partial charge in [-0.1, -0.05) is 0 Å². The van der Waals surface area contributed by atoms with Gasteiger partial charge in [-0.3, -0.25) is 14.8 Å². The maximum atomic E-state index is 12.0. The van der Waals surface area contributed by atoms with Gasteiger partial charge in [0.05, 0.1) is 5.69 Å². The topological polar surface area (TPSA) is 54.9 Å². The quantitative estimate of drug-likeness (QED) is 0.745. The highest BCUT2D eigenvalue weighted by Crippen LogP contribution is 2.18. The number of nitrogens with zero attached hydrogens (tertiary/aromatic N) is 2. The van der Waals surface area contributed by atoms with E-state index in [0.717, 1.165) is 23.2 Å². The predicted octanol–water partition coefficient (Wildman–Crippen LogP) is 3.76. The normalized spacial score (nSPS) is 10.5. The van der Waals surface area contributed by atoms with Crippen LogP contribution in [0.3, 0.4) is 0 Å². The average Bonchev–Trinajstić information content (AvgIpc) is 3.04. The third-order valence-corrected chi connectivity index (χ3v) is 4.90. The Morgan fingerprint density at radius 2 is 2.17 bits per heavy atom. The van der Waals surface area contributed by atoms with Crippen LogP contribution in [-0.4, -0.2) is 15.9 Å². The number of hydrogen-bond donors (Lipinski definition) is 1. The van der Waals surface area contributed by atoms with Gasteiger partial charge in [0.2, 0.25) is 5.91 Å². The van der Waals surface area contributed by atoms with Crippen LogP contribution in [0.5, 0.6) is 0 Å². The maximum absolute atomic E-state index is 12.0. The van der Waals surface area contributed by atoms with Crippen molar-refractivity contribution in [1.29, 1.82) is 0 Å². The van der Waals surface area contributed by atoms with Gasteiger partial charge < -0.3 is 5.32 Å². The van der Waals surface area contributed by atoms with Crippen molar-refractivity contribution < 1.29 is 4.79 Å². The Labute approximate surface area is 145 Å². The number of hydrogen-bond acceptors (Lipinski definition) is 4. The molecule has 3 rings (SSSR count). The first-order valence-corrected chi connectivity index (χ1v) is 8.75. The van der Waals surface area contributed by atoms with E-state index in [1.165, 1.54) is 10.4 Å². The Kier molecular flexibility index (Phi) is 5.33. The molecule has 0 aliphatic carbocycles. The van der Waals surface area contributed by atoms with Gasteiger partial charge in [-0.25, -0.2) is 0 Å². The van der Waals surface area contributed by atoms with E-state index < -0.39 is 0 Å². The number of carbonyl (C=O) groups excluding carboxylic acids is 1. The van der Waals surface area contributed by atoms with E-state index in [4.69, 9.17) is 0 Å². The van der Waals surface area contributed by atoms with Crippen LogP contribution in [0.4, 0.5) is 0 Å². The highest BCUT2D eigenvalue weighted by Gasteiger charge is 2.06. The van der Waals surface area contributed by atoms with E-state index in [2.05, 4.69) is 33.7 Å². The second-order valence-corrected chi connectivity index (χ2v) is 6.60. The molecule has 0 saturated heterocycles. The summed E-state index contributed by atoms with van der Waals surface area (Å²) in [4.78, 5) is 21.8. The standard InChI is InChI=1S/C19H19N3OS/c1-14-7-10-24-18(14)4-5-19(23)22-12-15-6-9-21-17(11-15)16-3-2-8-20-13-16/h2-3,6-11,13H,4-5,12H2,1H3,(H,22,23). The number of carbonyl (C=O) groups is 1. The predicted molar refractivity (Wildman–Crippen MR) is 96.7 cm³/mol. The molecule has 3 heterocycles. The highest BCUT2D eigenvalue weighted by molar-refractivity contribution is 7.10. The Hall–Kier alpha value is -2.53. The van der Waals surface area contributed by atoms with Crippen LogP contribution in [-0.2, 0) is 17.8 Å². The van der Waals surface area contributed by atoms with E-state index >= 15 is 0 Å².